The van der Waals surface area contributed by atoms with E-state index < -0.39 is 17.7 Å². The molecule has 5 nitrogen and oxygen atoms in total. The summed E-state index contributed by atoms with van der Waals surface area (Å²) in [6.45, 7) is 5.06. The van der Waals surface area contributed by atoms with Crippen molar-refractivity contribution in [1.82, 2.24) is 20.4 Å². The van der Waals surface area contributed by atoms with Crippen LogP contribution < -0.4 is 10.6 Å². The van der Waals surface area contributed by atoms with Crippen molar-refractivity contribution in [2.45, 2.75) is 25.8 Å². The van der Waals surface area contributed by atoms with Gasteiger partial charge in [0.2, 0.25) is 5.91 Å². The van der Waals surface area contributed by atoms with Crippen molar-refractivity contribution in [1.29, 1.82) is 0 Å². The van der Waals surface area contributed by atoms with Gasteiger partial charge in [0.1, 0.15) is 11.6 Å². The van der Waals surface area contributed by atoms with E-state index in [4.69, 9.17) is 0 Å². The molecule has 0 saturated carbocycles. The van der Waals surface area contributed by atoms with E-state index in [0.717, 1.165) is 11.6 Å². The van der Waals surface area contributed by atoms with E-state index in [9.17, 15) is 13.6 Å². The van der Waals surface area contributed by atoms with E-state index in [1.807, 2.05) is 27.1 Å². The van der Waals surface area contributed by atoms with Crippen molar-refractivity contribution >= 4 is 5.91 Å². The minimum atomic E-state index is -0.641. The summed E-state index contributed by atoms with van der Waals surface area (Å²) in [4.78, 5) is 12.9. The van der Waals surface area contributed by atoms with Gasteiger partial charge in [-0.2, -0.15) is 5.10 Å². The molecule has 1 fully saturated rings. The van der Waals surface area contributed by atoms with Gasteiger partial charge in [0, 0.05) is 43.9 Å². The van der Waals surface area contributed by atoms with Gasteiger partial charge >= 0.3 is 0 Å². The van der Waals surface area contributed by atoms with Crippen molar-refractivity contribution in [3.05, 3.63) is 53.4 Å². The Labute approximate surface area is 151 Å². The maximum Gasteiger partial charge on any atom is 0.225 e. The highest BCUT2D eigenvalue weighted by Gasteiger charge is 2.36. The number of benzene rings is 1. The minimum absolute atomic E-state index is 0.0228. The van der Waals surface area contributed by atoms with E-state index in [1.165, 1.54) is 12.1 Å². The Balaban J connectivity index is 1.79. The Morgan fingerprint density at radius 1 is 1.35 bits per heavy atom. The first-order valence-electron chi connectivity index (χ1n) is 8.81. The predicted molar refractivity (Wildman–Crippen MR) is 94.4 cm³/mol. The summed E-state index contributed by atoms with van der Waals surface area (Å²) >= 11 is 0. The SMILES string of the molecule is CC(C)C(NC(=O)[C@H]1CNC[C@@H]1c1cnn(C)c1)c1ccc(F)cc1F. The molecule has 1 aromatic heterocycles. The van der Waals surface area contributed by atoms with Gasteiger partial charge in [-0.05, 0) is 17.5 Å². The predicted octanol–water partition coefficient (Wildman–Crippen LogP) is 2.51. The molecule has 0 bridgehead atoms. The van der Waals surface area contributed by atoms with Crippen LogP contribution in [0, 0.1) is 23.5 Å². The molecule has 0 aliphatic carbocycles. The van der Waals surface area contributed by atoms with E-state index in [2.05, 4.69) is 15.7 Å². The van der Waals surface area contributed by atoms with E-state index in [0.29, 0.717) is 18.7 Å². The van der Waals surface area contributed by atoms with Gasteiger partial charge in [0.05, 0.1) is 18.2 Å². The molecule has 0 spiro atoms. The van der Waals surface area contributed by atoms with Crippen LogP contribution in [-0.4, -0.2) is 28.8 Å². The number of amides is 1. The lowest BCUT2D eigenvalue weighted by Crippen LogP contribution is -2.39. The summed E-state index contributed by atoms with van der Waals surface area (Å²) in [6, 6.07) is 2.96. The fourth-order valence-electron chi connectivity index (χ4n) is 3.55. The van der Waals surface area contributed by atoms with Gasteiger partial charge in [0.25, 0.3) is 0 Å². The number of nitrogens with one attached hydrogen (secondary N) is 2. The molecule has 3 rings (SSSR count). The van der Waals surface area contributed by atoms with Gasteiger partial charge in [0.15, 0.2) is 0 Å². The Morgan fingerprint density at radius 3 is 2.73 bits per heavy atom. The topological polar surface area (TPSA) is 59.0 Å². The van der Waals surface area contributed by atoms with E-state index >= 15 is 0 Å². The van der Waals surface area contributed by atoms with Crippen LogP contribution in [0.15, 0.2) is 30.6 Å². The average molecular weight is 362 g/mol. The summed E-state index contributed by atoms with van der Waals surface area (Å²) in [5, 5.41) is 10.4. The fraction of sp³-hybridized carbons (Fsp3) is 0.474. The summed E-state index contributed by atoms with van der Waals surface area (Å²) in [7, 11) is 1.84. The monoisotopic (exact) mass is 362 g/mol. The zero-order chi connectivity index (χ0) is 18.8. The second-order valence-electron chi connectivity index (χ2n) is 7.21. The molecule has 1 aliphatic heterocycles. The van der Waals surface area contributed by atoms with Crippen LogP contribution in [0.2, 0.25) is 0 Å². The molecule has 2 N–H and O–H groups in total. The number of aryl methyl sites for hydroxylation is 1. The summed E-state index contributed by atoms with van der Waals surface area (Å²) < 4.78 is 29.2. The lowest BCUT2D eigenvalue weighted by Gasteiger charge is -2.26. The quantitative estimate of drug-likeness (QED) is 0.859. The molecule has 1 unspecified atom stereocenters. The number of hydrogen-bond acceptors (Lipinski definition) is 3. The number of hydrogen-bond donors (Lipinski definition) is 2. The van der Waals surface area contributed by atoms with E-state index in [-0.39, 0.29) is 23.7 Å². The third kappa shape index (κ3) is 3.77. The number of nitrogens with zero attached hydrogens (tertiary/aromatic N) is 2. The van der Waals surface area contributed by atoms with E-state index in [1.54, 1.807) is 10.9 Å². The largest absolute Gasteiger partial charge is 0.349 e. The highest BCUT2D eigenvalue weighted by molar-refractivity contribution is 5.81. The normalized spacial score (nSPS) is 21.2. The summed E-state index contributed by atoms with van der Waals surface area (Å²) in [5.41, 5.74) is 1.31. The van der Waals surface area contributed by atoms with Gasteiger partial charge in [-0.1, -0.05) is 19.9 Å². The lowest BCUT2D eigenvalue weighted by atomic mass is 9.88. The van der Waals surface area contributed by atoms with Crippen LogP contribution in [-0.2, 0) is 11.8 Å². The molecule has 140 valence electrons. The minimum Gasteiger partial charge on any atom is -0.349 e. The van der Waals surface area contributed by atoms with Crippen LogP contribution in [0.25, 0.3) is 0 Å². The smallest absolute Gasteiger partial charge is 0.225 e. The first kappa shape index (κ1) is 18.5. The maximum atomic E-state index is 14.2. The molecule has 2 heterocycles. The van der Waals surface area contributed by atoms with Gasteiger partial charge in [-0.25, -0.2) is 8.78 Å². The second kappa shape index (κ2) is 7.53. The second-order valence-corrected chi connectivity index (χ2v) is 7.21. The fourth-order valence-corrected chi connectivity index (χ4v) is 3.55. The van der Waals surface area contributed by atoms with Gasteiger partial charge in [-0.15, -0.1) is 0 Å². The summed E-state index contributed by atoms with van der Waals surface area (Å²) in [6.07, 6.45) is 3.69. The summed E-state index contributed by atoms with van der Waals surface area (Å²) in [5.74, 6) is -1.68. The Kier molecular flexibility index (Phi) is 5.36. The number of carbonyl (C=O) groups is 1. The zero-order valence-electron chi connectivity index (χ0n) is 15.2. The molecule has 3 atom stereocenters. The molecule has 26 heavy (non-hydrogen) atoms. The Bertz CT molecular complexity index is 790. The zero-order valence-corrected chi connectivity index (χ0v) is 15.2. The van der Waals surface area contributed by atoms with Crippen LogP contribution in [0.3, 0.4) is 0 Å². The molecule has 0 radical (unpaired) electrons. The number of halogens is 2. The van der Waals surface area contributed by atoms with Gasteiger partial charge < -0.3 is 10.6 Å². The molecular formula is C19H24F2N4O. The van der Waals surface area contributed by atoms with Crippen LogP contribution in [0.4, 0.5) is 8.78 Å². The highest BCUT2D eigenvalue weighted by atomic mass is 19.1. The van der Waals surface area contributed by atoms with Crippen LogP contribution in [0.5, 0.6) is 0 Å². The standard InChI is InChI=1S/C19H24F2N4O/c1-11(2)18(14-5-4-13(20)6-17(14)21)24-19(26)16-9-22-8-15(16)12-7-23-25(3)10-12/h4-7,10-11,15-16,18,22H,8-9H2,1-3H3,(H,24,26)/t15-,16+,18?/m1/s1. The maximum absolute atomic E-state index is 14.2. The van der Waals surface area contributed by atoms with Crippen LogP contribution >= 0.6 is 0 Å². The first-order chi connectivity index (χ1) is 12.4. The van der Waals surface area contributed by atoms with Gasteiger partial charge in [-0.3, -0.25) is 9.48 Å². The molecule has 2 aromatic rings. The third-order valence-electron chi connectivity index (χ3n) is 4.97. The Morgan fingerprint density at radius 2 is 2.12 bits per heavy atom. The third-order valence-corrected chi connectivity index (χ3v) is 4.97. The average Bonchev–Trinajstić information content (AvgIpc) is 3.21. The van der Waals surface area contributed by atoms with Crippen molar-refractivity contribution in [3.8, 4) is 0 Å². The first-order valence-corrected chi connectivity index (χ1v) is 8.81. The Hall–Kier alpha value is -2.28. The number of rotatable bonds is 5. The van der Waals surface area contributed by atoms with Crippen molar-refractivity contribution in [3.63, 3.8) is 0 Å². The van der Waals surface area contributed by atoms with Crippen molar-refractivity contribution < 1.29 is 13.6 Å². The highest BCUT2D eigenvalue weighted by Crippen LogP contribution is 2.30. The molecule has 1 aliphatic rings. The molecule has 1 saturated heterocycles. The van der Waals surface area contributed by atoms with Crippen molar-refractivity contribution in [2.75, 3.05) is 13.1 Å². The molecule has 1 amide bonds. The lowest BCUT2D eigenvalue weighted by molar-refractivity contribution is -0.126. The molecule has 7 heteroatoms. The molecular weight excluding hydrogens is 338 g/mol. The van der Waals surface area contributed by atoms with Crippen molar-refractivity contribution in [2.24, 2.45) is 18.9 Å². The molecule has 1 aromatic carbocycles. The number of aromatic nitrogens is 2. The van der Waals surface area contributed by atoms with Crippen LogP contribution in [0.1, 0.15) is 36.9 Å². The number of carbonyl (C=O) groups excluding carboxylic acids is 1.